The molecule has 1 aliphatic heterocycles. The van der Waals surface area contributed by atoms with Gasteiger partial charge >= 0.3 is 6.03 Å². The number of hydrogen-bond donors (Lipinski definition) is 2. The highest BCUT2D eigenvalue weighted by molar-refractivity contribution is 7.93. The summed E-state index contributed by atoms with van der Waals surface area (Å²) < 4.78 is 25.9. The second-order valence-electron chi connectivity index (χ2n) is 8.30. The molecular formula is C20H29N3O3S. The van der Waals surface area contributed by atoms with Crippen LogP contribution in [0, 0.1) is 18.8 Å². The first-order valence-corrected chi connectivity index (χ1v) is 11.7. The normalized spacial score (nSPS) is 27.4. The zero-order valence-corrected chi connectivity index (χ0v) is 16.7. The highest BCUT2D eigenvalue weighted by Gasteiger charge is 2.35. The van der Waals surface area contributed by atoms with Crippen molar-refractivity contribution >= 4 is 27.4 Å². The van der Waals surface area contributed by atoms with E-state index in [1.165, 1.54) is 30.0 Å². The molecule has 2 saturated carbocycles. The molecule has 2 amide bonds. The molecule has 3 fully saturated rings. The van der Waals surface area contributed by atoms with Crippen molar-refractivity contribution in [1.82, 2.24) is 5.32 Å². The number of nitrogens with one attached hydrogen (secondary N) is 2. The summed E-state index contributed by atoms with van der Waals surface area (Å²) in [5.74, 6) is 1.85. The molecule has 148 valence electrons. The number of aryl methyl sites for hydroxylation is 1. The van der Waals surface area contributed by atoms with Crippen LogP contribution in [0.3, 0.4) is 0 Å². The first kappa shape index (κ1) is 18.6. The maximum atomic E-state index is 12.5. The van der Waals surface area contributed by atoms with Crippen molar-refractivity contribution in [1.29, 1.82) is 0 Å². The number of hydrogen-bond acceptors (Lipinski definition) is 3. The van der Waals surface area contributed by atoms with Crippen molar-refractivity contribution in [2.24, 2.45) is 11.8 Å². The molecule has 1 saturated heterocycles. The number of rotatable bonds is 4. The van der Waals surface area contributed by atoms with Gasteiger partial charge in [-0.3, -0.25) is 4.31 Å². The highest BCUT2D eigenvalue weighted by atomic mass is 32.2. The van der Waals surface area contributed by atoms with Gasteiger partial charge in [0.2, 0.25) is 10.0 Å². The minimum atomic E-state index is -3.23. The standard InChI is InChI=1S/C20H29N3O3S/c1-14-6-9-18(13-19(14)23-10-3-11-27(23,25)26)22-20(24)21-17-5-2-4-16(12-17)15-7-8-15/h6,9,13,15-17H,2-5,7-8,10-12H2,1H3,(H2,21,22,24)/t16-,17-/m1/s1. The Balaban J connectivity index is 1.40. The monoisotopic (exact) mass is 391 g/mol. The van der Waals surface area contributed by atoms with Crippen LogP contribution in [0.15, 0.2) is 18.2 Å². The zero-order valence-electron chi connectivity index (χ0n) is 15.9. The average Bonchev–Trinajstić information content (AvgIpc) is 3.41. The molecule has 1 aromatic carbocycles. The Hall–Kier alpha value is -1.76. The summed E-state index contributed by atoms with van der Waals surface area (Å²) >= 11 is 0. The van der Waals surface area contributed by atoms with Gasteiger partial charge in [-0.15, -0.1) is 0 Å². The third-order valence-corrected chi connectivity index (χ3v) is 8.03. The van der Waals surface area contributed by atoms with Crippen LogP contribution in [0.25, 0.3) is 0 Å². The van der Waals surface area contributed by atoms with Crippen molar-refractivity contribution in [2.75, 3.05) is 21.9 Å². The van der Waals surface area contributed by atoms with E-state index in [2.05, 4.69) is 10.6 Å². The molecule has 1 heterocycles. The lowest BCUT2D eigenvalue weighted by molar-refractivity contribution is 0.230. The summed E-state index contributed by atoms with van der Waals surface area (Å²) in [4.78, 5) is 12.5. The Kier molecular flexibility index (Phi) is 5.05. The van der Waals surface area contributed by atoms with Crippen LogP contribution in [0.2, 0.25) is 0 Å². The molecule has 0 spiro atoms. The summed E-state index contributed by atoms with van der Waals surface area (Å²) in [7, 11) is -3.23. The van der Waals surface area contributed by atoms with Crippen LogP contribution >= 0.6 is 0 Å². The largest absolute Gasteiger partial charge is 0.335 e. The predicted octanol–water partition coefficient (Wildman–Crippen LogP) is 3.63. The Bertz CT molecular complexity index is 820. The predicted molar refractivity (Wildman–Crippen MR) is 108 cm³/mol. The molecule has 0 unspecified atom stereocenters. The van der Waals surface area contributed by atoms with Crippen LogP contribution in [0.4, 0.5) is 16.2 Å². The Morgan fingerprint density at radius 2 is 1.93 bits per heavy atom. The van der Waals surface area contributed by atoms with E-state index in [1.807, 2.05) is 19.1 Å². The van der Waals surface area contributed by atoms with E-state index in [1.54, 1.807) is 6.07 Å². The summed E-state index contributed by atoms with van der Waals surface area (Å²) in [6, 6.07) is 5.51. The number of benzene rings is 1. The molecule has 7 heteroatoms. The lowest BCUT2D eigenvalue weighted by Crippen LogP contribution is -2.41. The fourth-order valence-corrected chi connectivity index (χ4v) is 6.19. The van der Waals surface area contributed by atoms with Gasteiger partial charge in [-0.25, -0.2) is 13.2 Å². The van der Waals surface area contributed by atoms with Crippen LogP contribution in [0.1, 0.15) is 50.5 Å². The highest BCUT2D eigenvalue weighted by Crippen LogP contribution is 2.43. The number of carbonyl (C=O) groups excluding carboxylic acids is 1. The van der Waals surface area contributed by atoms with Gasteiger partial charge in [-0.05, 0) is 68.6 Å². The minimum absolute atomic E-state index is 0.189. The van der Waals surface area contributed by atoms with Gasteiger partial charge in [0.05, 0.1) is 11.4 Å². The summed E-state index contributed by atoms with van der Waals surface area (Å²) in [5.41, 5.74) is 2.19. The van der Waals surface area contributed by atoms with E-state index >= 15 is 0 Å². The van der Waals surface area contributed by atoms with Gasteiger partial charge in [-0.1, -0.05) is 18.9 Å². The molecule has 2 atom stereocenters. The quantitative estimate of drug-likeness (QED) is 0.823. The number of nitrogens with zero attached hydrogens (tertiary/aromatic N) is 1. The van der Waals surface area contributed by atoms with Gasteiger partial charge in [0.15, 0.2) is 0 Å². The minimum Gasteiger partial charge on any atom is -0.335 e. The van der Waals surface area contributed by atoms with Crippen molar-refractivity contribution in [3.63, 3.8) is 0 Å². The van der Waals surface area contributed by atoms with E-state index in [0.29, 0.717) is 24.3 Å². The first-order chi connectivity index (χ1) is 12.9. The van der Waals surface area contributed by atoms with Crippen LogP contribution in [-0.2, 0) is 10.0 Å². The third kappa shape index (κ3) is 4.23. The number of anilines is 2. The Morgan fingerprint density at radius 3 is 2.63 bits per heavy atom. The van der Waals surface area contributed by atoms with Crippen LogP contribution < -0.4 is 14.9 Å². The first-order valence-electron chi connectivity index (χ1n) is 10.1. The van der Waals surface area contributed by atoms with E-state index in [4.69, 9.17) is 0 Å². The number of carbonyl (C=O) groups is 1. The van der Waals surface area contributed by atoms with Crippen molar-refractivity contribution in [3.8, 4) is 0 Å². The number of sulfonamides is 1. The molecule has 0 aromatic heterocycles. The molecule has 2 aliphatic carbocycles. The van der Waals surface area contributed by atoms with Crippen LogP contribution in [-0.4, -0.2) is 32.8 Å². The van der Waals surface area contributed by atoms with E-state index in [-0.39, 0.29) is 17.8 Å². The lowest BCUT2D eigenvalue weighted by atomic mass is 9.83. The fourth-order valence-electron chi connectivity index (χ4n) is 4.57. The fraction of sp³-hybridized carbons (Fsp3) is 0.650. The summed E-state index contributed by atoms with van der Waals surface area (Å²) in [6.45, 7) is 2.40. The summed E-state index contributed by atoms with van der Waals surface area (Å²) in [6.07, 6.45) is 7.97. The molecule has 0 radical (unpaired) electrons. The second-order valence-corrected chi connectivity index (χ2v) is 10.3. The second kappa shape index (κ2) is 7.34. The summed E-state index contributed by atoms with van der Waals surface area (Å²) in [5, 5.41) is 6.01. The Labute approximate surface area is 161 Å². The molecule has 6 nitrogen and oxygen atoms in total. The molecule has 4 rings (SSSR count). The van der Waals surface area contributed by atoms with E-state index < -0.39 is 10.0 Å². The zero-order chi connectivity index (χ0) is 19.0. The molecule has 2 N–H and O–H groups in total. The molecule has 0 bridgehead atoms. The average molecular weight is 392 g/mol. The van der Waals surface area contributed by atoms with E-state index in [0.717, 1.165) is 30.2 Å². The number of amides is 2. The number of urea groups is 1. The SMILES string of the molecule is Cc1ccc(NC(=O)N[C@@H]2CCC[C@@H](C3CC3)C2)cc1N1CCCS1(=O)=O. The van der Waals surface area contributed by atoms with Crippen molar-refractivity contribution < 1.29 is 13.2 Å². The maximum Gasteiger partial charge on any atom is 0.319 e. The molecular weight excluding hydrogens is 362 g/mol. The maximum absolute atomic E-state index is 12.5. The van der Waals surface area contributed by atoms with Gasteiger partial charge < -0.3 is 10.6 Å². The van der Waals surface area contributed by atoms with E-state index in [9.17, 15) is 13.2 Å². The van der Waals surface area contributed by atoms with Gasteiger partial charge in [0.1, 0.15) is 0 Å². The van der Waals surface area contributed by atoms with Crippen molar-refractivity contribution in [3.05, 3.63) is 23.8 Å². The smallest absolute Gasteiger partial charge is 0.319 e. The third-order valence-electron chi connectivity index (χ3n) is 6.17. The molecule has 3 aliphatic rings. The van der Waals surface area contributed by atoms with Gasteiger partial charge in [0.25, 0.3) is 0 Å². The topological polar surface area (TPSA) is 78.5 Å². The lowest BCUT2D eigenvalue weighted by Gasteiger charge is -2.30. The van der Waals surface area contributed by atoms with Crippen molar-refractivity contribution in [2.45, 2.75) is 57.9 Å². The Morgan fingerprint density at radius 1 is 1.11 bits per heavy atom. The van der Waals surface area contributed by atoms with Gasteiger partial charge in [-0.2, -0.15) is 0 Å². The van der Waals surface area contributed by atoms with Gasteiger partial charge in [0, 0.05) is 18.3 Å². The van der Waals surface area contributed by atoms with Crippen LogP contribution in [0.5, 0.6) is 0 Å². The molecule has 27 heavy (non-hydrogen) atoms. The molecule has 1 aromatic rings.